The summed E-state index contributed by atoms with van der Waals surface area (Å²) in [5.41, 5.74) is 9.10. The second-order valence-corrected chi connectivity index (χ2v) is 8.14. The van der Waals surface area contributed by atoms with Crippen molar-refractivity contribution in [1.82, 2.24) is 9.97 Å². The summed E-state index contributed by atoms with van der Waals surface area (Å²) >= 11 is 0. The van der Waals surface area contributed by atoms with Crippen LogP contribution in [0.3, 0.4) is 0 Å². The van der Waals surface area contributed by atoms with Gasteiger partial charge in [0, 0.05) is 40.9 Å². The molecule has 8 heteroatoms. The Morgan fingerprint density at radius 3 is 2.53 bits per heavy atom. The fraction of sp³-hybridized carbons (Fsp3) is 0.115. The number of pyridine rings is 2. The molecule has 1 unspecified atom stereocenters. The van der Waals surface area contributed by atoms with Gasteiger partial charge in [-0.1, -0.05) is 12.1 Å². The molecule has 0 amide bonds. The minimum Gasteiger partial charge on any atom is -0.455 e. The monoisotopic (exact) mass is 456 g/mol. The summed E-state index contributed by atoms with van der Waals surface area (Å²) in [5.74, 6) is -0.824. The molecule has 6 nitrogen and oxygen atoms in total. The van der Waals surface area contributed by atoms with Crippen LogP contribution in [0.1, 0.15) is 11.1 Å². The zero-order chi connectivity index (χ0) is 23.3. The van der Waals surface area contributed by atoms with Gasteiger partial charge in [-0.25, -0.2) is 8.78 Å². The van der Waals surface area contributed by atoms with Gasteiger partial charge in [0.1, 0.15) is 12.0 Å². The van der Waals surface area contributed by atoms with Crippen LogP contribution in [0, 0.1) is 11.6 Å². The fourth-order valence-corrected chi connectivity index (χ4v) is 4.37. The van der Waals surface area contributed by atoms with E-state index in [0.717, 1.165) is 28.8 Å². The number of aromatic nitrogens is 2. The Labute approximate surface area is 193 Å². The van der Waals surface area contributed by atoms with Gasteiger partial charge in [-0.15, -0.1) is 0 Å². The minimum absolute atomic E-state index is 0.316. The van der Waals surface area contributed by atoms with E-state index in [1.165, 1.54) is 6.07 Å². The molecule has 2 aliphatic heterocycles. The van der Waals surface area contributed by atoms with Gasteiger partial charge in [-0.05, 0) is 48.0 Å². The van der Waals surface area contributed by atoms with Crippen LogP contribution in [0.25, 0.3) is 22.4 Å². The molecule has 0 aliphatic carbocycles. The van der Waals surface area contributed by atoms with E-state index >= 15 is 0 Å². The first-order valence-electron chi connectivity index (χ1n) is 10.7. The first-order chi connectivity index (χ1) is 16.5. The van der Waals surface area contributed by atoms with Gasteiger partial charge in [-0.2, -0.15) is 0 Å². The molecule has 6 rings (SSSR count). The number of rotatable bonds is 2. The Morgan fingerprint density at radius 1 is 0.882 bits per heavy atom. The smallest absolute Gasteiger partial charge is 0.162 e. The van der Waals surface area contributed by atoms with Crippen LogP contribution in [0.4, 0.5) is 8.78 Å². The van der Waals surface area contributed by atoms with Gasteiger partial charge in [-0.3, -0.25) is 15.0 Å². The molecule has 34 heavy (non-hydrogen) atoms. The number of hydrogen-bond donors (Lipinski definition) is 1. The Morgan fingerprint density at radius 2 is 1.74 bits per heavy atom. The summed E-state index contributed by atoms with van der Waals surface area (Å²) in [6.07, 6.45) is 6.11. The lowest BCUT2D eigenvalue weighted by atomic mass is 9.82. The van der Waals surface area contributed by atoms with Crippen molar-refractivity contribution in [2.24, 2.45) is 10.7 Å². The van der Waals surface area contributed by atoms with Gasteiger partial charge in [0.2, 0.25) is 0 Å². The van der Waals surface area contributed by atoms with E-state index in [1.807, 2.05) is 30.3 Å². The number of aliphatic imine (C=N–C) groups is 1. The van der Waals surface area contributed by atoms with Crippen LogP contribution < -0.4 is 10.5 Å². The number of halogens is 2. The van der Waals surface area contributed by atoms with Gasteiger partial charge in [0.05, 0.1) is 18.4 Å². The lowest BCUT2D eigenvalue weighted by molar-refractivity contribution is -0.0313. The molecule has 4 heterocycles. The standard InChI is InChI=1S/C26H18F2N4O2/c27-20-5-3-16(9-21(20)28)22-10-19-24(12-32-22)33-23-6-4-15(17-2-1-7-30-11-17)8-18(23)26(19)14-31-13-25(29)34-26/h1-12,14,25H,13,29H2/t25?,26-/m0/s1. The number of nitrogens with two attached hydrogens (primary N) is 1. The quantitative estimate of drug-likeness (QED) is 0.468. The van der Waals surface area contributed by atoms with Crippen LogP contribution in [-0.2, 0) is 10.3 Å². The SMILES string of the molecule is NC1CN=C[C@]2(O1)c1cc(-c3cccnc3)ccc1Oc1cnc(-c3ccc(F)c(F)c3)cc12. The third kappa shape index (κ3) is 3.27. The van der Waals surface area contributed by atoms with Crippen molar-refractivity contribution in [2.75, 3.05) is 6.54 Å². The number of benzene rings is 2. The van der Waals surface area contributed by atoms with Crippen molar-refractivity contribution in [3.05, 3.63) is 95.9 Å². The average Bonchev–Trinajstić information content (AvgIpc) is 2.86. The molecule has 2 aliphatic rings. The molecular formula is C26H18F2N4O2. The van der Waals surface area contributed by atoms with Crippen molar-refractivity contribution >= 4 is 6.21 Å². The lowest BCUT2D eigenvalue weighted by Crippen LogP contribution is -2.46. The van der Waals surface area contributed by atoms with Crippen LogP contribution >= 0.6 is 0 Å². The highest BCUT2D eigenvalue weighted by molar-refractivity contribution is 5.84. The zero-order valence-electron chi connectivity index (χ0n) is 17.8. The topological polar surface area (TPSA) is 82.6 Å². The van der Waals surface area contributed by atoms with Crippen LogP contribution in [-0.4, -0.2) is 29.0 Å². The van der Waals surface area contributed by atoms with Crippen LogP contribution in [0.2, 0.25) is 0 Å². The number of ether oxygens (including phenoxy) is 2. The maximum Gasteiger partial charge on any atom is 0.162 e. The lowest BCUT2D eigenvalue weighted by Gasteiger charge is -2.40. The molecule has 0 bridgehead atoms. The molecule has 2 N–H and O–H groups in total. The van der Waals surface area contributed by atoms with Crippen molar-refractivity contribution in [2.45, 2.75) is 11.8 Å². The van der Waals surface area contributed by atoms with Crippen molar-refractivity contribution in [3.63, 3.8) is 0 Å². The summed E-state index contributed by atoms with van der Waals surface area (Å²) in [4.78, 5) is 13.1. The summed E-state index contributed by atoms with van der Waals surface area (Å²) < 4.78 is 39.9. The molecule has 0 saturated heterocycles. The number of hydrogen-bond acceptors (Lipinski definition) is 6. The Hall–Kier alpha value is -4.01. The maximum atomic E-state index is 13.9. The van der Waals surface area contributed by atoms with E-state index in [-0.39, 0.29) is 0 Å². The third-order valence-electron chi connectivity index (χ3n) is 5.97. The van der Waals surface area contributed by atoms with Crippen molar-refractivity contribution in [1.29, 1.82) is 0 Å². The first-order valence-corrected chi connectivity index (χ1v) is 10.7. The van der Waals surface area contributed by atoms with Crippen LogP contribution in [0.15, 0.2) is 78.2 Å². The highest BCUT2D eigenvalue weighted by Crippen LogP contribution is 2.50. The van der Waals surface area contributed by atoms with E-state index in [1.54, 1.807) is 30.9 Å². The predicted octanol–water partition coefficient (Wildman–Crippen LogP) is 4.82. The average molecular weight is 456 g/mol. The van der Waals surface area contributed by atoms with E-state index < -0.39 is 23.5 Å². The molecular weight excluding hydrogens is 438 g/mol. The summed E-state index contributed by atoms with van der Waals surface area (Å²) in [6, 6.07) is 15.0. The number of fused-ring (bicyclic) bond motifs is 4. The highest BCUT2D eigenvalue weighted by atomic mass is 19.2. The normalized spacial score (nSPS) is 20.5. The molecule has 2 aromatic carbocycles. The third-order valence-corrected chi connectivity index (χ3v) is 5.97. The van der Waals surface area contributed by atoms with Gasteiger partial charge in [0.25, 0.3) is 0 Å². The second-order valence-electron chi connectivity index (χ2n) is 8.14. The summed E-state index contributed by atoms with van der Waals surface area (Å²) in [7, 11) is 0. The van der Waals surface area contributed by atoms with Crippen LogP contribution in [0.5, 0.6) is 11.5 Å². The van der Waals surface area contributed by atoms with E-state index in [4.69, 9.17) is 15.2 Å². The molecule has 2 atom stereocenters. The molecule has 0 fully saturated rings. The van der Waals surface area contributed by atoms with E-state index in [9.17, 15) is 8.78 Å². The van der Waals surface area contributed by atoms with Gasteiger partial charge in [0.15, 0.2) is 23.0 Å². The largest absolute Gasteiger partial charge is 0.455 e. The number of nitrogens with zero attached hydrogens (tertiary/aromatic N) is 3. The Bertz CT molecular complexity index is 1440. The molecule has 1 spiro atoms. The highest BCUT2D eigenvalue weighted by Gasteiger charge is 2.46. The molecule has 4 aromatic rings. The van der Waals surface area contributed by atoms with Crippen molar-refractivity contribution in [3.8, 4) is 33.9 Å². The fourth-order valence-electron chi connectivity index (χ4n) is 4.37. The van der Waals surface area contributed by atoms with Crippen molar-refractivity contribution < 1.29 is 18.3 Å². The Kier molecular flexibility index (Phi) is 4.72. The molecule has 168 valence electrons. The summed E-state index contributed by atoms with van der Waals surface area (Å²) in [6.45, 7) is 0.316. The van der Waals surface area contributed by atoms with E-state index in [0.29, 0.717) is 34.9 Å². The molecule has 0 saturated carbocycles. The first kappa shape index (κ1) is 20.6. The van der Waals surface area contributed by atoms with E-state index in [2.05, 4.69) is 15.0 Å². The van der Waals surface area contributed by atoms with Gasteiger partial charge >= 0.3 is 0 Å². The predicted molar refractivity (Wildman–Crippen MR) is 123 cm³/mol. The zero-order valence-corrected chi connectivity index (χ0v) is 17.8. The second kappa shape index (κ2) is 7.79. The molecule has 0 radical (unpaired) electrons. The Balaban J connectivity index is 1.55. The molecule has 2 aromatic heterocycles. The minimum atomic E-state index is -1.14. The van der Waals surface area contributed by atoms with Gasteiger partial charge < -0.3 is 15.2 Å². The summed E-state index contributed by atoms with van der Waals surface area (Å²) in [5, 5.41) is 0. The maximum absolute atomic E-state index is 13.9.